The van der Waals surface area contributed by atoms with Gasteiger partial charge in [0.15, 0.2) is 5.16 Å². The van der Waals surface area contributed by atoms with Gasteiger partial charge in [0, 0.05) is 18.1 Å². The smallest absolute Gasteiger partial charge is 0.262 e. The van der Waals surface area contributed by atoms with Crippen LogP contribution in [0.1, 0.15) is 19.3 Å². The van der Waals surface area contributed by atoms with Crippen molar-refractivity contribution in [2.45, 2.75) is 36.2 Å². The van der Waals surface area contributed by atoms with E-state index in [9.17, 15) is 9.59 Å². The van der Waals surface area contributed by atoms with E-state index in [0.717, 1.165) is 19.3 Å². The lowest BCUT2D eigenvalue weighted by Gasteiger charge is -2.16. The Kier molecular flexibility index (Phi) is 5.26. The van der Waals surface area contributed by atoms with E-state index < -0.39 is 0 Å². The second-order valence-electron chi connectivity index (χ2n) is 5.65. The van der Waals surface area contributed by atoms with Crippen LogP contribution in [0, 0.1) is 0 Å². The lowest BCUT2D eigenvalue weighted by atomic mass is 10.2. The monoisotopic (exact) mass is 363 g/mol. The zero-order chi connectivity index (χ0) is 17.1. The summed E-state index contributed by atoms with van der Waals surface area (Å²) in [6.07, 6.45) is 4.38. The van der Waals surface area contributed by atoms with E-state index in [1.807, 2.05) is 0 Å². The van der Waals surface area contributed by atoms with Crippen molar-refractivity contribution in [1.29, 1.82) is 0 Å². The fraction of sp³-hybridized carbons (Fsp3) is 0.353. The number of fused-ring (bicyclic) bond motifs is 1. The number of rotatable bonds is 4. The second-order valence-corrected chi connectivity index (χ2v) is 7.26. The molecule has 1 saturated heterocycles. The molecule has 5 nitrogen and oxygen atoms in total. The first-order valence-electron chi connectivity index (χ1n) is 7.85. The molecule has 1 atom stereocenters. The maximum absolute atomic E-state index is 12.8. The van der Waals surface area contributed by atoms with Crippen LogP contribution in [0.4, 0.5) is 0 Å². The molecule has 1 amide bonds. The minimum Gasteiger partial charge on any atom is -0.355 e. The van der Waals surface area contributed by atoms with Crippen molar-refractivity contribution in [3.05, 3.63) is 46.2 Å². The molecule has 1 aliphatic heterocycles. The number of carbonyl (C=O) groups is 1. The van der Waals surface area contributed by atoms with Gasteiger partial charge in [-0.2, -0.15) is 0 Å². The van der Waals surface area contributed by atoms with E-state index in [1.54, 1.807) is 28.8 Å². The Morgan fingerprint density at radius 1 is 1.42 bits per heavy atom. The molecule has 1 N–H and O–H groups in total. The average molecular weight is 364 g/mol. The molecule has 1 aromatic carbocycles. The number of nitrogens with one attached hydrogen (secondary N) is 1. The molecule has 0 aliphatic carbocycles. The fourth-order valence-corrected chi connectivity index (χ4v) is 4.04. The molecule has 0 bridgehead atoms. The van der Waals surface area contributed by atoms with Gasteiger partial charge in [-0.05, 0) is 31.0 Å². The molecule has 1 fully saturated rings. The topological polar surface area (TPSA) is 64.0 Å². The molecule has 2 aromatic rings. The molecule has 24 heavy (non-hydrogen) atoms. The zero-order valence-electron chi connectivity index (χ0n) is 13.1. The fourth-order valence-electron chi connectivity index (χ4n) is 2.70. The van der Waals surface area contributed by atoms with Crippen LogP contribution in [0.15, 0.2) is 40.8 Å². The molecule has 0 spiro atoms. The maximum Gasteiger partial charge on any atom is 0.262 e. The predicted molar refractivity (Wildman–Crippen MR) is 97.7 cm³/mol. The first-order chi connectivity index (χ1) is 11.6. The summed E-state index contributed by atoms with van der Waals surface area (Å²) in [4.78, 5) is 29.6. The SMILES string of the molecule is C=CCn1c(S[C@@H]2CCCCNC2=O)nc2cc(Cl)ccc2c1=O. The van der Waals surface area contributed by atoms with Gasteiger partial charge >= 0.3 is 0 Å². The Labute approximate surface area is 149 Å². The van der Waals surface area contributed by atoms with Crippen molar-refractivity contribution in [3.8, 4) is 0 Å². The van der Waals surface area contributed by atoms with E-state index in [1.165, 1.54) is 11.8 Å². The first-order valence-corrected chi connectivity index (χ1v) is 9.11. The van der Waals surface area contributed by atoms with Gasteiger partial charge in [0.05, 0.1) is 16.2 Å². The van der Waals surface area contributed by atoms with Gasteiger partial charge in [-0.25, -0.2) is 4.98 Å². The highest BCUT2D eigenvalue weighted by Gasteiger charge is 2.24. The zero-order valence-corrected chi connectivity index (χ0v) is 14.7. The van der Waals surface area contributed by atoms with Crippen LogP contribution in [0.5, 0.6) is 0 Å². The summed E-state index contributed by atoms with van der Waals surface area (Å²) in [7, 11) is 0. The molecular formula is C17H18ClN3O2S. The number of amides is 1. The number of hydrogen-bond donors (Lipinski definition) is 1. The number of thioether (sulfide) groups is 1. The molecule has 1 aromatic heterocycles. The van der Waals surface area contributed by atoms with Gasteiger partial charge in [0.2, 0.25) is 5.91 Å². The van der Waals surface area contributed by atoms with E-state index in [4.69, 9.17) is 11.6 Å². The van der Waals surface area contributed by atoms with Gasteiger partial charge < -0.3 is 5.32 Å². The minimum atomic E-state index is -0.243. The quantitative estimate of drug-likeness (QED) is 0.670. The summed E-state index contributed by atoms with van der Waals surface area (Å²) in [6.45, 7) is 4.76. The van der Waals surface area contributed by atoms with Gasteiger partial charge in [0.1, 0.15) is 0 Å². The molecule has 126 valence electrons. The Bertz CT molecular complexity index is 850. The maximum atomic E-state index is 12.8. The highest BCUT2D eigenvalue weighted by Crippen LogP contribution is 2.28. The molecule has 2 heterocycles. The summed E-state index contributed by atoms with van der Waals surface area (Å²) in [5.41, 5.74) is 0.400. The summed E-state index contributed by atoms with van der Waals surface area (Å²) in [6, 6.07) is 5.03. The van der Waals surface area contributed by atoms with Crippen molar-refractivity contribution in [2.75, 3.05) is 6.54 Å². The molecule has 1 aliphatic rings. The highest BCUT2D eigenvalue weighted by molar-refractivity contribution is 8.00. The van der Waals surface area contributed by atoms with E-state index >= 15 is 0 Å². The number of nitrogens with zero attached hydrogens (tertiary/aromatic N) is 2. The van der Waals surface area contributed by atoms with Crippen LogP contribution in [0.25, 0.3) is 10.9 Å². The summed E-state index contributed by atoms with van der Waals surface area (Å²) < 4.78 is 1.56. The van der Waals surface area contributed by atoms with Crippen LogP contribution in [0.2, 0.25) is 5.02 Å². The number of carbonyl (C=O) groups excluding carboxylic acids is 1. The summed E-state index contributed by atoms with van der Waals surface area (Å²) in [5, 5.41) is 4.23. The lowest BCUT2D eigenvalue weighted by Crippen LogP contribution is -2.32. The molecule has 0 radical (unpaired) electrons. The third-order valence-corrected chi connectivity index (χ3v) is 5.42. The van der Waals surface area contributed by atoms with Crippen molar-refractivity contribution in [2.24, 2.45) is 0 Å². The van der Waals surface area contributed by atoms with Crippen molar-refractivity contribution in [1.82, 2.24) is 14.9 Å². The van der Waals surface area contributed by atoms with Gasteiger partial charge in [-0.3, -0.25) is 14.2 Å². The van der Waals surface area contributed by atoms with Crippen LogP contribution < -0.4 is 10.9 Å². The third-order valence-electron chi connectivity index (χ3n) is 3.93. The predicted octanol–water partition coefficient (Wildman–Crippen LogP) is 3.00. The molecule has 0 unspecified atom stereocenters. The van der Waals surface area contributed by atoms with Crippen LogP contribution in [0.3, 0.4) is 0 Å². The van der Waals surface area contributed by atoms with Crippen molar-refractivity contribution in [3.63, 3.8) is 0 Å². The van der Waals surface area contributed by atoms with E-state index in [0.29, 0.717) is 34.2 Å². The van der Waals surface area contributed by atoms with Crippen molar-refractivity contribution >= 4 is 40.2 Å². The van der Waals surface area contributed by atoms with Gasteiger partial charge in [0.25, 0.3) is 5.56 Å². The average Bonchev–Trinajstić information content (AvgIpc) is 2.75. The van der Waals surface area contributed by atoms with Gasteiger partial charge in [-0.1, -0.05) is 35.9 Å². The number of allylic oxidation sites excluding steroid dienone is 1. The Morgan fingerprint density at radius 2 is 2.25 bits per heavy atom. The van der Waals surface area contributed by atoms with Crippen molar-refractivity contribution < 1.29 is 4.79 Å². The standard InChI is InChI=1S/C17H18ClN3O2S/c1-2-9-21-16(23)12-7-6-11(18)10-13(12)20-17(21)24-14-5-3-4-8-19-15(14)22/h2,6-7,10,14H,1,3-5,8-9H2,(H,19,22)/t14-/m1/s1. The highest BCUT2D eigenvalue weighted by atomic mass is 35.5. The molecule has 3 rings (SSSR count). The summed E-state index contributed by atoms with van der Waals surface area (Å²) in [5.74, 6) is 0.00286. The minimum absolute atomic E-state index is 0.00286. The lowest BCUT2D eigenvalue weighted by molar-refractivity contribution is -0.120. The second kappa shape index (κ2) is 7.40. The van der Waals surface area contributed by atoms with Crippen LogP contribution in [-0.2, 0) is 11.3 Å². The number of halogens is 1. The first kappa shape index (κ1) is 17.0. The number of hydrogen-bond acceptors (Lipinski definition) is 4. The van der Waals surface area contributed by atoms with Crippen LogP contribution >= 0.6 is 23.4 Å². The Morgan fingerprint density at radius 3 is 3.04 bits per heavy atom. The van der Waals surface area contributed by atoms with Crippen LogP contribution in [-0.4, -0.2) is 27.3 Å². The van der Waals surface area contributed by atoms with Gasteiger partial charge in [-0.15, -0.1) is 6.58 Å². The Balaban J connectivity index is 2.07. The normalized spacial score (nSPS) is 18.2. The largest absolute Gasteiger partial charge is 0.355 e. The third kappa shape index (κ3) is 3.49. The Hall–Kier alpha value is -1.79. The molecular weight excluding hydrogens is 346 g/mol. The molecule has 7 heteroatoms. The number of benzene rings is 1. The summed E-state index contributed by atoms with van der Waals surface area (Å²) >= 11 is 7.36. The molecule has 0 saturated carbocycles. The van der Waals surface area contributed by atoms with E-state index in [2.05, 4.69) is 16.9 Å². The van der Waals surface area contributed by atoms with E-state index in [-0.39, 0.29) is 16.7 Å². The number of aromatic nitrogens is 2.